The topological polar surface area (TPSA) is 48.1 Å². The van der Waals surface area contributed by atoms with E-state index in [1.165, 1.54) is 16.7 Å². The number of hydrogen-bond acceptors (Lipinski definition) is 3. The molecule has 0 saturated heterocycles. The van der Waals surface area contributed by atoms with Gasteiger partial charge in [0, 0.05) is 12.6 Å². The van der Waals surface area contributed by atoms with Gasteiger partial charge in [0.05, 0.1) is 6.61 Å². The average Bonchev–Trinajstić information content (AvgIpc) is 2.76. The Kier molecular flexibility index (Phi) is 2.44. The molecule has 0 spiro atoms. The molecule has 0 saturated carbocycles. The minimum absolute atomic E-state index is 0.576. The predicted molar refractivity (Wildman–Crippen MR) is 67.1 cm³/mol. The van der Waals surface area contributed by atoms with Crippen molar-refractivity contribution in [1.29, 1.82) is 0 Å². The van der Waals surface area contributed by atoms with E-state index in [1.807, 2.05) is 12.1 Å². The lowest BCUT2D eigenvalue weighted by Crippen LogP contribution is -1.94. The summed E-state index contributed by atoms with van der Waals surface area (Å²) in [5, 5.41) is 0. The van der Waals surface area contributed by atoms with Gasteiger partial charge in [-0.25, -0.2) is 4.98 Å². The maximum atomic E-state index is 5.67. The van der Waals surface area contributed by atoms with Crippen molar-refractivity contribution in [2.24, 2.45) is 0 Å². The van der Waals surface area contributed by atoms with Crippen molar-refractivity contribution in [3.63, 3.8) is 0 Å². The van der Waals surface area contributed by atoms with E-state index >= 15 is 0 Å². The number of benzene rings is 1. The number of hydrogen-bond donors (Lipinski definition) is 1. The highest BCUT2D eigenvalue weighted by Gasteiger charge is 2.11. The van der Waals surface area contributed by atoms with Crippen LogP contribution in [0, 0.1) is 0 Å². The van der Waals surface area contributed by atoms with Crippen LogP contribution in [-0.2, 0) is 12.8 Å². The van der Waals surface area contributed by atoms with Gasteiger partial charge >= 0.3 is 0 Å². The lowest BCUT2D eigenvalue weighted by molar-refractivity contribution is 0.357. The van der Waals surface area contributed by atoms with Gasteiger partial charge in [-0.15, -0.1) is 0 Å². The molecule has 3 nitrogen and oxygen atoms in total. The highest BCUT2D eigenvalue weighted by Crippen LogP contribution is 2.26. The maximum absolute atomic E-state index is 5.67. The second-order valence-electron chi connectivity index (χ2n) is 4.31. The molecule has 0 aliphatic carbocycles. The fourth-order valence-corrected chi connectivity index (χ4v) is 2.19. The molecule has 1 aliphatic heterocycles. The fraction of sp³-hybridized carbons (Fsp3) is 0.214. The van der Waals surface area contributed by atoms with Crippen LogP contribution in [0.1, 0.15) is 16.7 Å². The summed E-state index contributed by atoms with van der Waals surface area (Å²) in [4.78, 5) is 4.00. The molecule has 86 valence electrons. The molecule has 3 heteroatoms. The number of anilines is 1. The summed E-state index contributed by atoms with van der Waals surface area (Å²) < 4.78 is 5.49. The van der Waals surface area contributed by atoms with Crippen LogP contribution in [0.3, 0.4) is 0 Å². The average molecular weight is 226 g/mol. The first kappa shape index (κ1) is 10.1. The van der Waals surface area contributed by atoms with Crippen molar-refractivity contribution >= 4 is 5.82 Å². The first-order valence-electron chi connectivity index (χ1n) is 5.76. The van der Waals surface area contributed by atoms with Gasteiger partial charge in [0.15, 0.2) is 0 Å². The summed E-state index contributed by atoms with van der Waals surface area (Å²) in [6.45, 7) is 0.807. The predicted octanol–water partition coefficient (Wildman–Crippen LogP) is 2.19. The van der Waals surface area contributed by atoms with Crippen molar-refractivity contribution in [3.8, 4) is 5.75 Å². The number of rotatable bonds is 2. The van der Waals surface area contributed by atoms with Crippen LogP contribution < -0.4 is 10.5 Å². The molecule has 1 aliphatic rings. The van der Waals surface area contributed by atoms with Crippen molar-refractivity contribution in [2.45, 2.75) is 12.8 Å². The molecule has 3 rings (SSSR count). The molecule has 2 aromatic rings. The molecule has 2 N–H and O–H groups in total. The third kappa shape index (κ3) is 2.09. The summed E-state index contributed by atoms with van der Waals surface area (Å²) >= 11 is 0. The van der Waals surface area contributed by atoms with Gasteiger partial charge in [-0.05, 0) is 41.3 Å². The van der Waals surface area contributed by atoms with E-state index in [0.29, 0.717) is 5.82 Å². The molecule has 0 unspecified atom stereocenters. The summed E-state index contributed by atoms with van der Waals surface area (Å²) in [6, 6.07) is 10.3. The van der Waals surface area contributed by atoms with Crippen LogP contribution in [0.15, 0.2) is 36.5 Å². The van der Waals surface area contributed by atoms with E-state index in [4.69, 9.17) is 10.5 Å². The number of nitrogen functional groups attached to an aromatic ring is 1. The Labute approximate surface area is 100 Å². The van der Waals surface area contributed by atoms with Crippen LogP contribution in [0.5, 0.6) is 5.75 Å². The Balaban J connectivity index is 1.86. The van der Waals surface area contributed by atoms with E-state index in [-0.39, 0.29) is 0 Å². The second-order valence-corrected chi connectivity index (χ2v) is 4.31. The zero-order valence-electron chi connectivity index (χ0n) is 9.52. The minimum Gasteiger partial charge on any atom is -0.493 e. The number of ether oxygens (including phenoxy) is 1. The standard InChI is InChI=1S/C14H14N2O/c15-14-9-11(3-5-16-14)7-10-1-2-13-12(8-10)4-6-17-13/h1-3,5,8-9H,4,6-7H2,(H2,15,16). The molecule has 17 heavy (non-hydrogen) atoms. The fourth-order valence-electron chi connectivity index (χ4n) is 2.19. The highest BCUT2D eigenvalue weighted by molar-refractivity contribution is 5.42. The minimum atomic E-state index is 0.576. The van der Waals surface area contributed by atoms with Crippen LogP contribution in [-0.4, -0.2) is 11.6 Å². The molecule has 0 atom stereocenters. The van der Waals surface area contributed by atoms with E-state index in [9.17, 15) is 0 Å². The molecule has 1 aromatic carbocycles. The van der Waals surface area contributed by atoms with Crippen molar-refractivity contribution in [3.05, 3.63) is 53.2 Å². The van der Waals surface area contributed by atoms with Crippen molar-refractivity contribution in [1.82, 2.24) is 4.98 Å². The zero-order chi connectivity index (χ0) is 11.7. The Morgan fingerprint density at radius 1 is 1.18 bits per heavy atom. The summed E-state index contributed by atoms with van der Waals surface area (Å²) in [5.41, 5.74) is 9.46. The van der Waals surface area contributed by atoms with Gasteiger partial charge < -0.3 is 10.5 Å². The van der Waals surface area contributed by atoms with Gasteiger partial charge in [0.25, 0.3) is 0 Å². The Bertz CT molecular complexity index is 552. The van der Waals surface area contributed by atoms with Crippen LogP contribution in [0.4, 0.5) is 5.82 Å². The van der Waals surface area contributed by atoms with Crippen LogP contribution >= 0.6 is 0 Å². The summed E-state index contributed by atoms with van der Waals surface area (Å²) in [7, 11) is 0. The monoisotopic (exact) mass is 226 g/mol. The molecule has 0 bridgehead atoms. The van der Waals surface area contributed by atoms with Gasteiger partial charge in [-0.1, -0.05) is 12.1 Å². The van der Waals surface area contributed by atoms with Crippen molar-refractivity contribution < 1.29 is 4.74 Å². The van der Waals surface area contributed by atoms with Crippen molar-refractivity contribution in [2.75, 3.05) is 12.3 Å². The van der Waals surface area contributed by atoms with Gasteiger partial charge in [-0.3, -0.25) is 0 Å². The number of fused-ring (bicyclic) bond motifs is 1. The SMILES string of the molecule is Nc1cc(Cc2ccc3c(c2)CCO3)ccn1. The molecule has 1 aromatic heterocycles. The molecule has 2 heterocycles. The molecular formula is C14H14N2O. The maximum Gasteiger partial charge on any atom is 0.123 e. The first-order chi connectivity index (χ1) is 8.31. The van der Waals surface area contributed by atoms with Gasteiger partial charge in [0.2, 0.25) is 0 Å². The number of nitrogens with two attached hydrogens (primary N) is 1. The number of pyridine rings is 1. The smallest absolute Gasteiger partial charge is 0.123 e. The third-order valence-electron chi connectivity index (χ3n) is 3.01. The van der Waals surface area contributed by atoms with E-state index in [1.54, 1.807) is 6.20 Å². The normalized spacial score (nSPS) is 13.2. The Morgan fingerprint density at radius 2 is 2.06 bits per heavy atom. The van der Waals surface area contributed by atoms with Crippen LogP contribution in [0.25, 0.3) is 0 Å². The lowest BCUT2D eigenvalue weighted by Gasteiger charge is -2.05. The molecule has 0 fully saturated rings. The number of nitrogens with zero attached hydrogens (tertiary/aromatic N) is 1. The van der Waals surface area contributed by atoms with E-state index in [2.05, 4.69) is 23.2 Å². The van der Waals surface area contributed by atoms with Crippen LogP contribution in [0.2, 0.25) is 0 Å². The largest absolute Gasteiger partial charge is 0.493 e. The van der Waals surface area contributed by atoms with E-state index < -0.39 is 0 Å². The molecule has 0 amide bonds. The lowest BCUT2D eigenvalue weighted by atomic mass is 10.0. The first-order valence-corrected chi connectivity index (χ1v) is 5.76. The Morgan fingerprint density at radius 3 is 2.94 bits per heavy atom. The molecule has 0 radical (unpaired) electrons. The van der Waals surface area contributed by atoms with Gasteiger partial charge in [-0.2, -0.15) is 0 Å². The van der Waals surface area contributed by atoms with Gasteiger partial charge in [0.1, 0.15) is 11.6 Å². The highest BCUT2D eigenvalue weighted by atomic mass is 16.5. The quantitative estimate of drug-likeness (QED) is 0.853. The number of aromatic nitrogens is 1. The third-order valence-corrected chi connectivity index (χ3v) is 3.01. The zero-order valence-corrected chi connectivity index (χ0v) is 9.52. The summed E-state index contributed by atoms with van der Waals surface area (Å²) in [5.74, 6) is 1.61. The summed E-state index contributed by atoms with van der Waals surface area (Å²) in [6.07, 6.45) is 3.66. The second kappa shape index (κ2) is 4.09. The van der Waals surface area contributed by atoms with E-state index in [0.717, 1.165) is 25.2 Å². The molecular weight excluding hydrogens is 212 g/mol. The Hall–Kier alpha value is -2.03.